The number of rotatable bonds is 9. The summed E-state index contributed by atoms with van der Waals surface area (Å²) in [6.07, 6.45) is 0. The zero-order chi connectivity index (χ0) is 24.0. The van der Waals surface area contributed by atoms with Crippen molar-refractivity contribution in [3.8, 4) is 17.2 Å². The summed E-state index contributed by atoms with van der Waals surface area (Å²) in [7, 11) is 0.657. The highest BCUT2D eigenvalue weighted by atomic mass is 32.2. The molecule has 174 valence electrons. The molecule has 8 nitrogen and oxygen atoms in total. The molecule has 0 atom stereocenters. The molecule has 0 aliphatic carbocycles. The Bertz CT molecular complexity index is 1190. The molecule has 0 aliphatic rings. The molecule has 3 aromatic rings. The van der Waals surface area contributed by atoms with Gasteiger partial charge in [0.05, 0.1) is 31.9 Å². The van der Waals surface area contributed by atoms with Crippen molar-refractivity contribution in [1.82, 2.24) is 0 Å². The van der Waals surface area contributed by atoms with Crippen LogP contribution in [0.2, 0.25) is 0 Å². The fraction of sp³-hybridized carbons (Fsp3) is 0.208. The summed E-state index contributed by atoms with van der Waals surface area (Å²) < 4.78 is 43.4. The number of carbonyl (C=O) groups excluding carboxylic acids is 1. The highest BCUT2D eigenvalue weighted by molar-refractivity contribution is 7.92. The van der Waals surface area contributed by atoms with Crippen molar-refractivity contribution in [3.63, 3.8) is 0 Å². The van der Waals surface area contributed by atoms with E-state index in [1.54, 1.807) is 43.3 Å². The van der Waals surface area contributed by atoms with Crippen LogP contribution in [0.1, 0.15) is 17.3 Å². The molecule has 0 heterocycles. The Kier molecular flexibility index (Phi) is 7.44. The van der Waals surface area contributed by atoms with Gasteiger partial charge in [0.15, 0.2) is 11.5 Å². The number of ether oxygens (including phenoxy) is 3. The number of carbonyl (C=O) groups is 1. The zero-order valence-electron chi connectivity index (χ0n) is 18.9. The number of nitrogens with zero attached hydrogens (tertiary/aromatic N) is 1. The summed E-state index contributed by atoms with van der Waals surface area (Å²) >= 11 is 0. The van der Waals surface area contributed by atoms with Gasteiger partial charge >= 0.3 is 0 Å². The van der Waals surface area contributed by atoms with Crippen LogP contribution in [0.5, 0.6) is 17.2 Å². The van der Waals surface area contributed by atoms with Crippen LogP contribution < -0.4 is 23.8 Å². The van der Waals surface area contributed by atoms with Gasteiger partial charge in [-0.1, -0.05) is 18.2 Å². The minimum Gasteiger partial charge on any atom is -0.493 e. The first-order chi connectivity index (χ1) is 15.8. The molecule has 3 rings (SSSR count). The van der Waals surface area contributed by atoms with Crippen molar-refractivity contribution in [2.75, 3.05) is 37.5 Å². The molecule has 0 saturated heterocycles. The van der Waals surface area contributed by atoms with Crippen LogP contribution >= 0.6 is 0 Å². The number of hydrogen-bond acceptors (Lipinski definition) is 6. The van der Waals surface area contributed by atoms with Gasteiger partial charge in [0.25, 0.3) is 15.9 Å². The number of para-hydroxylation sites is 1. The SMILES string of the molecule is CCN(c1ccccc1)S(=O)(=O)c1ccc(NC(=O)c2cc(OC)c(OC)c(OC)c2)cc1. The van der Waals surface area contributed by atoms with E-state index in [1.807, 2.05) is 6.07 Å². The molecule has 0 spiro atoms. The van der Waals surface area contributed by atoms with Gasteiger partial charge in [-0.2, -0.15) is 0 Å². The van der Waals surface area contributed by atoms with Crippen LogP contribution in [0.15, 0.2) is 71.6 Å². The van der Waals surface area contributed by atoms with Crippen molar-refractivity contribution in [3.05, 3.63) is 72.3 Å². The molecule has 3 aromatic carbocycles. The van der Waals surface area contributed by atoms with Crippen molar-refractivity contribution < 1.29 is 27.4 Å². The lowest BCUT2D eigenvalue weighted by Crippen LogP contribution is -2.30. The lowest BCUT2D eigenvalue weighted by molar-refractivity contribution is 0.102. The second-order valence-electron chi connectivity index (χ2n) is 6.90. The molecule has 0 radical (unpaired) electrons. The van der Waals surface area contributed by atoms with E-state index in [2.05, 4.69) is 5.32 Å². The smallest absolute Gasteiger partial charge is 0.264 e. The van der Waals surface area contributed by atoms with E-state index in [-0.39, 0.29) is 11.4 Å². The highest BCUT2D eigenvalue weighted by Crippen LogP contribution is 2.38. The van der Waals surface area contributed by atoms with Crippen LogP contribution in [-0.2, 0) is 10.0 Å². The Balaban J connectivity index is 1.83. The third-order valence-corrected chi connectivity index (χ3v) is 6.88. The van der Waals surface area contributed by atoms with Crippen LogP contribution in [0.3, 0.4) is 0 Å². The quantitative estimate of drug-likeness (QED) is 0.504. The number of anilines is 2. The molecule has 0 unspecified atom stereocenters. The lowest BCUT2D eigenvalue weighted by atomic mass is 10.1. The average Bonchev–Trinajstić information content (AvgIpc) is 2.84. The van der Waals surface area contributed by atoms with Crippen molar-refractivity contribution >= 4 is 27.3 Å². The van der Waals surface area contributed by atoms with Gasteiger partial charge < -0.3 is 19.5 Å². The predicted octanol–water partition coefficient (Wildman–Crippen LogP) is 4.18. The maximum atomic E-state index is 13.1. The fourth-order valence-corrected chi connectivity index (χ4v) is 4.81. The molecule has 1 N–H and O–H groups in total. The summed E-state index contributed by atoms with van der Waals surface area (Å²) in [5.74, 6) is 0.669. The second-order valence-corrected chi connectivity index (χ2v) is 8.76. The van der Waals surface area contributed by atoms with Crippen LogP contribution in [-0.4, -0.2) is 42.2 Å². The molecule has 1 amide bonds. The summed E-state index contributed by atoms with van der Waals surface area (Å²) in [6, 6.07) is 18.0. The number of nitrogens with one attached hydrogen (secondary N) is 1. The highest BCUT2D eigenvalue weighted by Gasteiger charge is 2.23. The van der Waals surface area contributed by atoms with Gasteiger partial charge in [0.1, 0.15) is 0 Å². The molecule has 0 fully saturated rings. The third-order valence-electron chi connectivity index (χ3n) is 4.96. The fourth-order valence-electron chi connectivity index (χ4n) is 3.34. The van der Waals surface area contributed by atoms with Gasteiger partial charge in [-0.3, -0.25) is 9.10 Å². The Hall–Kier alpha value is -3.72. The molecule has 0 aromatic heterocycles. The molecule has 0 bridgehead atoms. The van der Waals surface area contributed by atoms with Crippen molar-refractivity contribution in [2.24, 2.45) is 0 Å². The van der Waals surface area contributed by atoms with E-state index in [0.29, 0.717) is 34.2 Å². The molecule has 33 heavy (non-hydrogen) atoms. The van der Waals surface area contributed by atoms with E-state index in [9.17, 15) is 13.2 Å². The van der Waals surface area contributed by atoms with Crippen molar-refractivity contribution in [2.45, 2.75) is 11.8 Å². The van der Waals surface area contributed by atoms with Crippen LogP contribution in [0.4, 0.5) is 11.4 Å². The normalized spacial score (nSPS) is 10.9. The summed E-state index contributed by atoms with van der Waals surface area (Å²) in [5.41, 5.74) is 1.32. The van der Waals surface area contributed by atoms with Gasteiger partial charge in [-0.25, -0.2) is 8.42 Å². The average molecular weight is 471 g/mol. The first-order valence-electron chi connectivity index (χ1n) is 10.1. The predicted molar refractivity (Wildman–Crippen MR) is 127 cm³/mol. The maximum absolute atomic E-state index is 13.1. The summed E-state index contributed by atoms with van der Waals surface area (Å²) in [4.78, 5) is 12.9. The zero-order valence-corrected chi connectivity index (χ0v) is 19.7. The lowest BCUT2D eigenvalue weighted by Gasteiger charge is -2.23. The molecule has 9 heteroatoms. The van der Waals surface area contributed by atoms with E-state index in [0.717, 1.165) is 0 Å². The molecule has 0 saturated carbocycles. The summed E-state index contributed by atoms with van der Waals surface area (Å²) in [5, 5.41) is 2.75. The number of sulfonamides is 1. The van der Waals surface area contributed by atoms with E-state index in [1.165, 1.54) is 49.9 Å². The van der Waals surface area contributed by atoms with Gasteiger partial charge in [0.2, 0.25) is 5.75 Å². The van der Waals surface area contributed by atoms with E-state index in [4.69, 9.17) is 14.2 Å². The van der Waals surface area contributed by atoms with Crippen molar-refractivity contribution in [1.29, 1.82) is 0 Å². The monoisotopic (exact) mass is 470 g/mol. The largest absolute Gasteiger partial charge is 0.493 e. The maximum Gasteiger partial charge on any atom is 0.264 e. The number of methoxy groups -OCH3 is 3. The summed E-state index contributed by atoms with van der Waals surface area (Å²) in [6.45, 7) is 2.06. The van der Waals surface area contributed by atoms with Crippen LogP contribution in [0.25, 0.3) is 0 Å². The van der Waals surface area contributed by atoms with Gasteiger partial charge in [0, 0.05) is 17.8 Å². The molecular formula is C24H26N2O6S. The Labute approximate surface area is 193 Å². The van der Waals surface area contributed by atoms with E-state index >= 15 is 0 Å². The van der Waals surface area contributed by atoms with Gasteiger partial charge in [-0.15, -0.1) is 0 Å². The first-order valence-corrected chi connectivity index (χ1v) is 11.6. The van der Waals surface area contributed by atoms with Gasteiger partial charge in [-0.05, 0) is 55.5 Å². The minimum atomic E-state index is -3.75. The minimum absolute atomic E-state index is 0.124. The number of benzene rings is 3. The Morgan fingerprint density at radius 1 is 0.879 bits per heavy atom. The van der Waals surface area contributed by atoms with E-state index < -0.39 is 15.9 Å². The Morgan fingerprint density at radius 2 is 1.45 bits per heavy atom. The number of hydrogen-bond donors (Lipinski definition) is 1. The third kappa shape index (κ3) is 5.04. The number of amides is 1. The topological polar surface area (TPSA) is 94.2 Å². The Morgan fingerprint density at radius 3 is 1.94 bits per heavy atom. The van der Waals surface area contributed by atoms with Crippen LogP contribution in [0, 0.1) is 0 Å². The first kappa shape index (κ1) is 23.9. The molecular weight excluding hydrogens is 444 g/mol. The standard InChI is InChI=1S/C24H26N2O6S/c1-5-26(19-9-7-6-8-10-19)33(28,29)20-13-11-18(12-14-20)25-24(27)17-15-21(30-2)23(32-4)22(16-17)31-3/h6-16H,5H2,1-4H3,(H,25,27). The second kappa shape index (κ2) is 10.3. The molecule has 0 aliphatic heterocycles.